The number of anilines is 6. The summed E-state index contributed by atoms with van der Waals surface area (Å²) in [5.41, 5.74) is 15.2. The van der Waals surface area contributed by atoms with Crippen molar-refractivity contribution in [3.8, 4) is 11.1 Å². The van der Waals surface area contributed by atoms with Crippen molar-refractivity contribution in [2.24, 2.45) is 0 Å². The summed E-state index contributed by atoms with van der Waals surface area (Å²) in [6.07, 6.45) is 0. The van der Waals surface area contributed by atoms with Crippen molar-refractivity contribution in [3.63, 3.8) is 0 Å². The van der Waals surface area contributed by atoms with E-state index in [2.05, 4.69) is 218 Å². The Balaban J connectivity index is 0.929. The Labute approximate surface area is 387 Å². The predicted octanol–water partition coefficient (Wildman–Crippen LogP) is 18.2. The molecule has 0 radical (unpaired) electrons. The summed E-state index contributed by atoms with van der Waals surface area (Å²) >= 11 is 0. The number of para-hydroxylation sites is 4. The van der Waals surface area contributed by atoms with Gasteiger partial charge in [0.05, 0.1) is 0 Å². The second-order valence-electron chi connectivity index (χ2n) is 18.5. The van der Waals surface area contributed by atoms with Gasteiger partial charge in [-0.2, -0.15) is 0 Å². The van der Waals surface area contributed by atoms with Crippen LogP contribution in [0.2, 0.25) is 0 Å². The maximum Gasteiger partial charge on any atom is 0.135 e. The molecule has 0 unspecified atom stereocenters. The van der Waals surface area contributed by atoms with Gasteiger partial charge in [0.2, 0.25) is 0 Å². The smallest absolute Gasteiger partial charge is 0.135 e. The van der Waals surface area contributed by atoms with Crippen LogP contribution in [0.5, 0.6) is 0 Å². The van der Waals surface area contributed by atoms with Gasteiger partial charge in [-0.15, -0.1) is 0 Å². The van der Waals surface area contributed by atoms with Crippen molar-refractivity contribution in [1.82, 2.24) is 0 Å². The number of fused-ring (bicyclic) bond motifs is 15. The molecule has 2 aromatic heterocycles. The minimum absolute atomic E-state index is 0.280. The first kappa shape index (κ1) is 37.7. The third-order valence-electron chi connectivity index (χ3n) is 14.3. The third kappa shape index (κ3) is 5.66. The van der Waals surface area contributed by atoms with Crippen LogP contribution in [0, 0.1) is 0 Å². The minimum Gasteiger partial charge on any atom is -0.456 e. The topological polar surface area (TPSA) is 32.8 Å². The van der Waals surface area contributed by atoms with Crippen LogP contribution in [0.3, 0.4) is 0 Å². The molecule has 1 aliphatic carbocycles. The normalized spacial score (nSPS) is 13.0. The molecule has 0 aliphatic heterocycles. The molecule has 13 aromatic rings. The molecule has 0 saturated carbocycles. The second kappa shape index (κ2) is 14.2. The van der Waals surface area contributed by atoms with Crippen LogP contribution < -0.4 is 9.80 Å². The Morgan fingerprint density at radius 1 is 0.313 bits per heavy atom. The van der Waals surface area contributed by atoms with Crippen molar-refractivity contribution < 1.29 is 8.83 Å². The summed E-state index contributed by atoms with van der Waals surface area (Å²) in [7, 11) is 0. The fourth-order valence-corrected chi connectivity index (χ4v) is 11.3. The maximum absolute atomic E-state index is 6.27. The third-order valence-corrected chi connectivity index (χ3v) is 14.3. The van der Waals surface area contributed by atoms with Crippen molar-refractivity contribution >= 4 is 110 Å². The molecule has 0 saturated heterocycles. The molecule has 14 rings (SSSR count). The van der Waals surface area contributed by atoms with Crippen LogP contribution in [0.4, 0.5) is 34.1 Å². The van der Waals surface area contributed by atoms with Crippen molar-refractivity contribution in [1.29, 1.82) is 0 Å². The van der Waals surface area contributed by atoms with Crippen LogP contribution in [0.15, 0.2) is 227 Å². The molecule has 1 aliphatic rings. The summed E-state index contributed by atoms with van der Waals surface area (Å²) < 4.78 is 12.5. The number of benzene rings is 11. The lowest BCUT2D eigenvalue weighted by Crippen LogP contribution is -2.16. The van der Waals surface area contributed by atoms with Gasteiger partial charge in [-0.3, -0.25) is 0 Å². The number of rotatable bonds is 6. The van der Waals surface area contributed by atoms with Crippen LogP contribution >= 0.6 is 0 Å². The molecule has 67 heavy (non-hydrogen) atoms. The fourth-order valence-electron chi connectivity index (χ4n) is 11.3. The van der Waals surface area contributed by atoms with E-state index >= 15 is 0 Å². The Hall–Kier alpha value is -8.60. The molecule has 11 aromatic carbocycles. The molecule has 0 fully saturated rings. The Kier molecular flexibility index (Phi) is 8.00. The van der Waals surface area contributed by atoms with Crippen molar-refractivity contribution in [2.45, 2.75) is 19.3 Å². The van der Waals surface area contributed by atoms with E-state index < -0.39 is 0 Å². The quantitative estimate of drug-likeness (QED) is 0.156. The number of hydrogen-bond donors (Lipinski definition) is 0. The van der Waals surface area contributed by atoms with E-state index in [1.54, 1.807) is 0 Å². The molecule has 4 nitrogen and oxygen atoms in total. The Morgan fingerprint density at radius 3 is 1.37 bits per heavy atom. The molecule has 0 N–H and O–H groups in total. The van der Waals surface area contributed by atoms with Gasteiger partial charge >= 0.3 is 0 Å². The van der Waals surface area contributed by atoms with Crippen LogP contribution in [-0.4, -0.2) is 0 Å². The molecule has 0 spiro atoms. The number of nitrogens with zero attached hydrogens (tertiary/aromatic N) is 2. The van der Waals surface area contributed by atoms with Gasteiger partial charge in [-0.25, -0.2) is 0 Å². The van der Waals surface area contributed by atoms with E-state index in [1.165, 1.54) is 54.6 Å². The van der Waals surface area contributed by atoms with Crippen molar-refractivity contribution in [3.05, 3.63) is 230 Å². The number of furan rings is 2. The van der Waals surface area contributed by atoms with Crippen LogP contribution in [0.25, 0.3) is 87.3 Å². The van der Waals surface area contributed by atoms with Gasteiger partial charge in [-0.1, -0.05) is 123 Å². The summed E-state index contributed by atoms with van der Waals surface area (Å²) in [5.74, 6) is 0. The average molecular weight is 859 g/mol. The largest absolute Gasteiger partial charge is 0.456 e. The van der Waals surface area contributed by atoms with Crippen LogP contribution in [-0.2, 0) is 5.41 Å². The molecule has 0 amide bonds. The SMILES string of the molecule is CC1(C)c2cc3cc(N(c4ccccc4)c4ccc5oc6ccccc6c5c4)ccc3cc2-c2c1c1ccc(N(c3ccccc3)c3ccc4oc5ccccc5c4c3)cc1c1ccccc21. The van der Waals surface area contributed by atoms with E-state index in [-0.39, 0.29) is 5.41 Å². The standard InChI is InChI=1S/C63H42N2O2/c1-63(2)56-35-40-33-43(64(41-15-5-3-6-16-41)45-28-31-59-53(37-45)48-20-11-13-23-57(48)66-59)26-25-39(40)34-55(56)61-50-22-10-9-19-47(50)52-36-44(27-30-51(52)62(61)63)65(42-17-7-4-8-18-42)46-29-32-60-54(38-46)49-21-12-14-24-58(49)67-60/h3-38H,1-2H3. The Bertz CT molecular complexity index is 4140. The van der Waals surface area contributed by atoms with Crippen molar-refractivity contribution in [2.75, 3.05) is 9.80 Å². The van der Waals surface area contributed by atoms with Gasteiger partial charge in [0.15, 0.2) is 0 Å². The molecular formula is C63H42N2O2. The molecule has 316 valence electrons. The lowest BCUT2D eigenvalue weighted by molar-refractivity contribution is 0.667. The highest BCUT2D eigenvalue weighted by Gasteiger charge is 2.39. The van der Waals surface area contributed by atoms with Gasteiger partial charge in [-0.05, 0) is 164 Å². The predicted molar refractivity (Wildman–Crippen MR) is 280 cm³/mol. The molecule has 0 atom stereocenters. The van der Waals surface area contributed by atoms with Gasteiger partial charge in [0, 0.05) is 61.1 Å². The first-order chi connectivity index (χ1) is 33.0. The molecule has 2 heterocycles. The van der Waals surface area contributed by atoms with Crippen LogP contribution in [0.1, 0.15) is 25.0 Å². The first-order valence-corrected chi connectivity index (χ1v) is 23.1. The highest BCUT2D eigenvalue weighted by molar-refractivity contribution is 6.20. The van der Waals surface area contributed by atoms with E-state index in [1.807, 2.05) is 24.3 Å². The first-order valence-electron chi connectivity index (χ1n) is 23.1. The summed E-state index contributed by atoms with van der Waals surface area (Å²) in [6.45, 7) is 4.83. The summed E-state index contributed by atoms with van der Waals surface area (Å²) in [6, 6.07) is 79.0. The Morgan fingerprint density at radius 2 is 0.776 bits per heavy atom. The van der Waals surface area contributed by atoms with Gasteiger partial charge in [0.1, 0.15) is 22.3 Å². The number of hydrogen-bond acceptors (Lipinski definition) is 4. The lowest BCUT2D eigenvalue weighted by atomic mass is 9.79. The fraction of sp³-hybridized carbons (Fsp3) is 0.0476. The zero-order valence-corrected chi connectivity index (χ0v) is 37.0. The minimum atomic E-state index is -0.280. The van der Waals surface area contributed by atoms with E-state index in [0.29, 0.717) is 0 Å². The molecule has 0 bridgehead atoms. The van der Waals surface area contributed by atoms with E-state index in [0.717, 1.165) is 78.0 Å². The van der Waals surface area contributed by atoms with E-state index in [4.69, 9.17) is 8.83 Å². The monoisotopic (exact) mass is 858 g/mol. The highest BCUT2D eigenvalue weighted by atomic mass is 16.3. The summed E-state index contributed by atoms with van der Waals surface area (Å²) in [4.78, 5) is 4.74. The summed E-state index contributed by atoms with van der Waals surface area (Å²) in [5, 5.41) is 11.9. The lowest BCUT2D eigenvalue weighted by Gasteiger charge is -2.28. The maximum atomic E-state index is 6.27. The average Bonchev–Trinajstić information content (AvgIpc) is 4.01. The van der Waals surface area contributed by atoms with E-state index in [9.17, 15) is 0 Å². The zero-order valence-electron chi connectivity index (χ0n) is 37.0. The zero-order chi connectivity index (χ0) is 44.4. The van der Waals surface area contributed by atoms with Gasteiger partial charge in [0.25, 0.3) is 0 Å². The molecule has 4 heteroatoms. The molecular weight excluding hydrogens is 817 g/mol. The van der Waals surface area contributed by atoms with Gasteiger partial charge < -0.3 is 18.6 Å². The highest BCUT2D eigenvalue weighted by Crippen LogP contribution is 2.56. The second-order valence-corrected chi connectivity index (χ2v) is 18.5.